The third-order valence-electron chi connectivity index (χ3n) is 2.65. The first-order chi connectivity index (χ1) is 7.48. The van der Waals surface area contributed by atoms with Crippen molar-refractivity contribution in [2.45, 2.75) is 19.3 Å². The van der Waals surface area contributed by atoms with Crippen LogP contribution in [0.4, 0.5) is 14.6 Å². The SMILES string of the molecule is CC(=O)c1ccc(N2CCC(F)(F)C2)nc1. The van der Waals surface area contributed by atoms with Crippen molar-refractivity contribution in [3.05, 3.63) is 23.9 Å². The Hall–Kier alpha value is -1.52. The second kappa shape index (κ2) is 3.81. The first-order valence-electron chi connectivity index (χ1n) is 5.08. The molecule has 0 radical (unpaired) electrons. The highest BCUT2D eigenvalue weighted by atomic mass is 19.3. The monoisotopic (exact) mass is 226 g/mol. The normalized spacial score (nSPS) is 18.8. The van der Waals surface area contributed by atoms with E-state index in [9.17, 15) is 13.6 Å². The minimum atomic E-state index is -2.62. The van der Waals surface area contributed by atoms with Gasteiger partial charge in [0, 0.05) is 24.7 Å². The zero-order valence-electron chi connectivity index (χ0n) is 8.91. The molecule has 0 aliphatic carbocycles. The number of pyridine rings is 1. The topological polar surface area (TPSA) is 33.2 Å². The Morgan fingerprint density at radius 1 is 1.50 bits per heavy atom. The van der Waals surface area contributed by atoms with Gasteiger partial charge in [-0.25, -0.2) is 13.8 Å². The van der Waals surface area contributed by atoms with Crippen LogP contribution in [0.25, 0.3) is 0 Å². The van der Waals surface area contributed by atoms with Crippen molar-refractivity contribution in [1.82, 2.24) is 4.98 Å². The number of nitrogens with zero attached hydrogens (tertiary/aromatic N) is 2. The summed E-state index contributed by atoms with van der Waals surface area (Å²) in [4.78, 5) is 16.6. The molecule has 0 spiro atoms. The first-order valence-corrected chi connectivity index (χ1v) is 5.08. The number of rotatable bonds is 2. The number of hydrogen-bond donors (Lipinski definition) is 0. The summed E-state index contributed by atoms with van der Waals surface area (Å²) in [5.41, 5.74) is 0.495. The van der Waals surface area contributed by atoms with Crippen molar-refractivity contribution in [2.75, 3.05) is 18.0 Å². The molecule has 1 aliphatic rings. The summed E-state index contributed by atoms with van der Waals surface area (Å²) >= 11 is 0. The van der Waals surface area contributed by atoms with Gasteiger partial charge < -0.3 is 4.90 Å². The van der Waals surface area contributed by atoms with E-state index in [1.807, 2.05) is 0 Å². The lowest BCUT2D eigenvalue weighted by Gasteiger charge is -2.16. The van der Waals surface area contributed by atoms with Crippen LogP contribution in [0, 0.1) is 0 Å². The van der Waals surface area contributed by atoms with Gasteiger partial charge in [-0.15, -0.1) is 0 Å². The maximum Gasteiger partial charge on any atom is 0.266 e. The lowest BCUT2D eigenvalue weighted by Crippen LogP contribution is -2.25. The average molecular weight is 226 g/mol. The van der Waals surface area contributed by atoms with Crippen LogP contribution >= 0.6 is 0 Å². The number of hydrogen-bond acceptors (Lipinski definition) is 3. The van der Waals surface area contributed by atoms with E-state index in [0.717, 1.165) is 0 Å². The summed E-state index contributed by atoms with van der Waals surface area (Å²) in [5, 5.41) is 0. The number of carbonyl (C=O) groups is 1. The second-order valence-corrected chi connectivity index (χ2v) is 3.99. The number of ketones is 1. The van der Waals surface area contributed by atoms with Gasteiger partial charge in [-0.05, 0) is 19.1 Å². The summed E-state index contributed by atoms with van der Waals surface area (Å²) in [6.07, 6.45) is 1.29. The third kappa shape index (κ3) is 2.18. The van der Waals surface area contributed by atoms with Gasteiger partial charge in [0.05, 0.1) is 6.54 Å². The van der Waals surface area contributed by atoms with Gasteiger partial charge in [0.25, 0.3) is 5.92 Å². The van der Waals surface area contributed by atoms with Gasteiger partial charge in [0.15, 0.2) is 5.78 Å². The van der Waals surface area contributed by atoms with E-state index in [2.05, 4.69) is 4.98 Å². The Balaban J connectivity index is 2.14. The quantitative estimate of drug-likeness (QED) is 0.724. The van der Waals surface area contributed by atoms with Crippen molar-refractivity contribution >= 4 is 11.6 Å². The van der Waals surface area contributed by atoms with Gasteiger partial charge in [-0.1, -0.05) is 0 Å². The fraction of sp³-hybridized carbons (Fsp3) is 0.455. The number of Topliss-reactive ketones (excluding diaryl/α,β-unsaturated/α-hetero) is 1. The maximum absolute atomic E-state index is 13.0. The van der Waals surface area contributed by atoms with Gasteiger partial charge in [-0.2, -0.15) is 0 Å². The molecule has 16 heavy (non-hydrogen) atoms. The summed E-state index contributed by atoms with van der Waals surface area (Å²) in [6.45, 7) is 1.46. The van der Waals surface area contributed by atoms with Crippen molar-refractivity contribution in [2.24, 2.45) is 0 Å². The van der Waals surface area contributed by atoms with Crippen molar-refractivity contribution in [3.8, 4) is 0 Å². The number of aromatic nitrogens is 1. The molecule has 2 rings (SSSR count). The van der Waals surface area contributed by atoms with E-state index in [4.69, 9.17) is 0 Å². The zero-order chi connectivity index (χ0) is 11.8. The van der Waals surface area contributed by atoms with Crippen molar-refractivity contribution in [3.63, 3.8) is 0 Å². The summed E-state index contributed by atoms with van der Waals surface area (Å²) in [5.74, 6) is -2.20. The van der Waals surface area contributed by atoms with E-state index < -0.39 is 5.92 Å². The van der Waals surface area contributed by atoms with Crippen molar-refractivity contribution < 1.29 is 13.6 Å². The Bertz CT molecular complexity index is 403. The largest absolute Gasteiger partial charge is 0.350 e. The Morgan fingerprint density at radius 2 is 2.25 bits per heavy atom. The molecule has 0 bridgehead atoms. The molecule has 0 unspecified atom stereocenters. The molecule has 1 saturated heterocycles. The lowest BCUT2D eigenvalue weighted by atomic mass is 10.2. The van der Waals surface area contributed by atoms with E-state index in [1.165, 1.54) is 18.0 Å². The molecule has 1 aromatic heterocycles. The third-order valence-corrected chi connectivity index (χ3v) is 2.65. The highest BCUT2D eigenvalue weighted by Gasteiger charge is 2.38. The second-order valence-electron chi connectivity index (χ2n) is 3.99. The van der Waals surface area contributed by atoms with E-state index >= 15 is 0 Å². The lowest BCUT2D eigenvalue weighted by molar-refractivity contribution is 0.0256. The van der Waals surface area contributed by atoms with Gasteiger partial charge >= 0.3 is 0 Å². The minimum Gasteiger partial charge on any atom is -0.350 e. The molecular weight excluding hydrogens is 214 g/mol. The molecule has 0 saturated carbocycles. The van der Waals surface area contributed by atoms with Crippen LogP contribution in [0.15, 0.2) is 18.3 Å². The van der Waals surface area contributed by atoms with Crippen LogP contribution < -0.4 is 4.90 Å². The van der Waals surface area contributed by atoms with Gasteiger partial charge in [0.2, 0.25) is 0 Å². The van der Waals surface area contributed by atoms with Crippen LogP contribution in [-0.2, 0) is 0 Å². The van der Waals surface area contributed by atoms with Crippen molar-refractivity contribution in [1.29, 1.82) is 0 Å². The van der Waals surface area contributed by atoms with Crippen LogP contribution in [0.1, 0.15) is 23.7 Å². The Kier molecular flexibility index (Phi) is 2.61. The molecule has 0 atom stereocenters. The molecule has 3 nitrogen and oxygen atoms in total. The highest BCUT2D eigenvalue weighted by molar-refractivity contribution is 5.93. The average Bonchev–Trinajstić information content (AvgIpc) is 2.59. The fourth-order valence-corrected chi connectivity index (χ4v) is 1.71. The molecule has 2 heterocycles. The standard InChI is InChI=1S/C11H12F2N2O/c1-8(16)9-2-3-10(14-6-9)15-5-4-11(12,13)7-15/h2-3,6H,4-5,7H2,1H3. The molecule has 5 heteroatoms. The van der Waals surface area contributed by atoms with E-state index in [0.29, 0.717) is 17.9 Å². The van der Waals surface area contributed by atoms with Crippen LogP contribution in [0.2, 0.25) is 0 Å². The predicted octanol–water partition coefficient (Wildman–Crippen LogP) is 2.13. The molecule has 0 aromatic carbocycles. The smallest absolute Gasteiger partial charge is 0.266 e. The molecule has 1 aliphatic heterocycles. The van der Waals surface area contributed by atoms with E-state index in [1.54, 1.807) is 12.1 Å². The summed E-state index contributed by atoms with van der Waals surface area (Å²) in [6, 6.07) is 3.22. The number of halogens is 2. The predicted molar refractivity (Wildman–Crippen MR) is 56.0 cm³/mol. The maximum atomic E-state index is 13.0. The van der Waals surface area contributed by atoms with Crippen LogP contribution in [-0.4, -0.2) is 29.8 Å². The number of carbonyl (C=O) groups excluding carboxylic acids is 1. The molecule has 86 valence electrons. The Labute approximate surface area is 92.1 Å². The Morgan fingerprint density at radius 3 is 2.69 bits per heavy atom. The molecule has 1 fully saturated rings. The fourth-order valence-electron chi connectivity index (χ4n) is 1.71. The zero-order valence-corrected chi connectivity index (χ0v) is 8.91. The highest BCUT2D eigenvalue weighted by Crippen LogP contribution is 2.29. The number of anilines is 1. The van der Waals surface area contributed by atoms with E-state index in [-0.39, 0.29) is 18.7 Å². The summed E-state index contributed by atoms with van der Waals surface area (Å²) < 4.78 is 25.9. The molecule has 0 N–H and O–H groups in total. The summed E-state index contributed by atoms with van der Waals surface area (Å²) in [7, 11) is 0. The molecule has 1 aromatic rings. The molecular formula is C11H12F2N2O. The molecule has 0 amide bonds. The number of alkyl halides is 2. The van der Waals surface area contributed by atoms with Gasteiger partial charge in [0.1, 0.15) is 5.82 Å². The van der Waals surface area contributed by atoms with Crippen LogP contribution in [0.3, 0.4) is 0 Å². The first kappa shape index (κ1) is 11.0. The van der Waals surface area contributed by atoms with Crippen LogP contribution in [0.5, 0.6) is 0 Å². The minimum absolute atomic E-state index is 0.0780. The van der Waals surface area contributed by atoms with Gasteiger partial charge in [-0.3, -0.25) is 4.79 Å².